The molecule has 2 aromatic carbocycles. The molecule has 1 aliphatic rings. The molecule has 0 bridgehead atoms. The largest absolute Gasteiger partial charge is 0.370 e. The summed E-state index contributed by atoms with van der Waals surface area (Å²) in [6.45, 7) is 4.39. The van der Waals surface area contributed by atoms with E-state index in [1.54, 1.807) is 23.2 Å². The van der Waals surface area contributed by atoms with Crippen molar-refractivity contribution in [1.82, 2.24) is 14.5 Å². The van der Waals surface area contributed by atoms with Crippen molar-refractivity contribution in [1.29, 1.82) is 0 Å². The zero-order valence-corrected chi connectivity index (χ0v) is 17.2. The Labute approximate surface area is 169 Å². The number of hydrogen-bond donors (Lipinski definition) is 2. The van der Waals surface area contributed by atoms with Crippen LogP contribution in [0.2, 0.25) is 0 Å². The number of carbonyl (C=O) groups is 1. The number of rotatable bonds is 4. The smallest absolute Gasteiger partial charge is 0.328 e. The zero-order chi connectivity index (χ0) is 20.5. The number of hydrogen-bond acceptors (Lipinski definition) is 3. The van der Waals surface area contributed by atoms with Crippen LogP contribution in [0.4, 0.5) is 16.2 Å². The minimum absolute atomic E-state index is 0.0756. The molecule has 1 saturated heterocycles. The molecule has 0 saturated carbocycles. The molecule has 0 aliphatic carbocycles. The van der Waals surface area contributed by atoms with E-state index in [-0.39, 0.29) is 11.7 Å². The van der Waals surface area contributed by atoms with Crippen LogP contribution in [0.3, 0.4) is 0 Å². The molecule has 29 heavy (non-hydrogen) atoms. The molecule has 0 unspecified atom stereocenters. The van der Waals surface area contributed by atoms with E-state index in [1.807, 2.05) is 43.3 Å². The molecule has 0 spiro atoms. The van der Waals surface area contributed by atoms with Crippen molar-refractivity contribution in [3.05, 3.63) is 58.0 Å². The lowest BCUT2D eigenvalue weighted by atomic mass is 10.1. The van der Waals surface area contributed by atoms with Crippen molar-refractivity contribution in [2.75, 3.05) is 23.3 Å². The summed E-state index contributed by atoms with van der Waals surface area (Å²) < 4.78 is 3.26. The van der Waals surface area contributed by atoms with E-state index in [1.165, 1.54) is 5.56 Å². The molecular weight excluding hydrogens is 366 g/mol. The summed E-state index contributed by atoms with van der Waals surface area (Å²) in [6.07, 6.45) is 2.26. The summed E-state index contributed by atoms with van der Waals surface area (Å²) in [5, 5.41) is 5.92. The van der Waals surface area contributed by atoms with Crippen LogP contribution in [0.1, 0.15) is 24.0 Å². The highest BCUT2D eigenvalue weighted by Gasteiger charge is 2.20. The predicted molar refractivity (Wildman–Crippen MR) is 117 cm³/mol. The van der Waals surface area contributed by atoms with Crippen molar-refractivity contribution in [3.63, 3.8) is 0 Å². The maximum absolute atomic E-state index is 12.6. The van der Waals surface area contributed by atoms with E-state index in [4.69, 9.17) is 0 Å². The Morgan fingerprint density at radius 2 is 1.62 bits per heavy atom. The lowest BCUT2D eigenvalue weighted by Crippen LogP contribution is -2.29. The number of imidazole rings is 1. The van der Waals surface area contributed by atoms with E-state index in [9.17, 15) is 9.59 Å². The molecule has 2 heterocycles. The first-order valence-corrected chi connectivity index (χ1v) is 9.99. The lowest BCUT2D eigenvalue weighted by Gasteiger charge is -2.22. The minimum Gasteiger partial charge on any atom is -0.370 e. The highest BCUT2D eigenvalue weighted by atomic mass is 16.2. The summed E-state index contributed by atoms with van der Waals surface area (Å²) in [5.41, 5.74) is 5.51. The van der Waals surface area contributed by atoms with Crippen LogP contribution in [-0.2, 0) is 20.6 Å². The molecule has 1 fully saturated rings. The van der Waals surface area contributed by atoms with Crippen molar-refractivity contribution in [3.8, 4) is 0 Å². The molecule has 1 aromatic heterocycles. The van der Waals surface area contributed by atoms with Crippen LogP contribution >= 0.6 is 0 Å². The Morgan fingerprint density at radius 3 is 2.28 bits per heavy atom. The maximum atomic E-state index is 12.6. The summed E-state index contributed by atoms with van der Waals surface area (Å²) in [5.74, 6) is 0. The first kappa shape index (κ1) is 19.1. The van der Waals surface area contributed by atoms with Gasteiger partial charge in [0.15, 0.2) is 0 Å². The number of amides is 2. The van der Waals surface area contributed by atoms with Gasteiger partial charge in [-0.3, -0.25) is 9.13 Å². The first-order chi connectivity index (χ1) is 13.9. The minimum atomic E-state index is -0.258. The molecule has 2 amide bonds. The molecule has 1 aliphatic heterocycles. The third-order valence-corrected chi connectivity index (χ3v) is 5.66. The summed E-state index contributed by atoms with van der Waals surface area (Å²) in [7, 11) is 3.53. The molecule has 7 nitrogen and oxygen atoms in total. The molecule has 3 aromatic rings. The second kappa shape index (κ2) is 7.66. The number of anilines is 2. The van der Waals surface area contributed by atoms with Crippen LogP contribution in [0, 0.1) is 6.92 Å². The van der Waals surface area contributed by atoms with Gasteiger partial charge in [0.05, 0.1) is 22.4 Å². The first-order valence-electron chi connectivity index (χ1n) is 9.99. The van der Waals surface area contributed by atoms with Crippen molar-refractivity contribution < 1.29 is 4.79 Å². The third-order valence-electron chi connectivity index (χ3n) is 5.66. The van der Waals surface area contributed by atoms with Crippen LogP contribution in [-0.4, -0.2) is 28.3 Å². The molecule has 0 atom stereocenters. The average molecular weight is 393 g/mol. The Morgan fingerprint density at radius 1 is 1.00 bits per heavy atom. The maximum Gasteiger partial charge on any atom is 0.328 e. The molecule has 4 rings (SSSR count). The highest BCUT2D eigenvalue weighted by Crippen LogP contribution is 2.33. The Bertz CT molecular complexity index is 1100. The van der Waals surface area contributed by atoms with E-state index >= 15 is 0 Å². The topological polar surface area (TPSA) is 71.3 Å². The van der Waals surface area contributed by atoms with Crippen molar-refractivity contribution in [2.24, 2.45) is 14.1 Å². The van der Waals surface area contributed by atoms with E-state index < -0.39 is 0 Å². The zero-order valence-electron chi connectivity index (χ0n) is 17.2. The third kappa shape index (κ3) is 3.72. The fourth-order valence-electron chi connectivity index (χ4n) is 3.91. The normalized spacial score (nSPS) is 13.8. The number of nitrogens with one attached hydrogen (secondary N) is 2. The number of aromatic nitrogens is 2. The lowest BCUT2D eigenvalue weighted by molar-refractivity contribution is 0.251. The molecular formula is C22H27N5O2. The number of nitrogens with zero attached hydrogens (tertiary/aromatic N) is 3. The van der Waals surface area contributed by atoms with Crippen LogP contribution < -0.4 is 21.2 Å². The van der Waals surface area contributed by atoms with Crippen molar-refractivity contribution in [2.45, 2.75) is 26.3 Å². The van der Waals surface area contributed by atoms with Crippen LogP contribution in [0.5, 0.6) is 0 Å². The van der Waals surface area contributed by atoms with Gasteiger partial charge < -0.3 is 15.5 Å². The van der Waals surface area contributed by atoms with Gasteiger partial charge >= 0.3 is 11.7 Å². The highest BCUT2D eigenvalue weighted by molar-refractivity contribution is 5.98. The molecule has 7 heteroatoms. The Balaban J connectivity index is 1.61. The standard InChI is InChI=1S/C22H27N5O2/c1-15-6-8-16(9-7-15)14-23-21(28)24-17-12-19-20(26(3)22(29)25(19)2)13-18(17)27-10-4-5-11-27/h6-9,12-13H,4-5,10-11,14H2,1-3H3,(H2,23,24,28). The fraction of sp³-hybridized carbons (Fsp3) is 0.364. The number of urea groups is 1. The second-order valence-electron chi connectivity index (χ2n) is 7.75. The average Bonchev–Trinajstić information content (AvgIpc) is 3.32. The summed E-state index contributed by atoms with van der Waals surface area (Å²) in [6, 6.07) is 11.7. The summed E-state index contributed by atoms with van der Waals surface area (Å²) >= 11 is 0. The second-order valence-corrected chi connectivity index (χ2v) is 7.75. The molecule has 152 valence electrons. The van der Waals surface area contributed by atoms with Crippen LogP contribution in [0.25, 0.3) is 11.0 Å². The van der Waals surface area contributed by atoms with Crippen molar-refractivity contribution >= 4 is 28.4 Å². The van der Waals surface area contributed by atoms with E-state index in [2.05, 4.69) is 15.5 Å². The Hall–Kier alpha value is -3.22. The van der Waals surface area contributed by atoms with Gasteiger partial charge in [-0.15, -0.1) is 0 Å². The quantitative estimate of drug-likeness (QED) is 0.716. The van der Waals surface area contributed by atoms with Gasteiger partial charge in [0.1, 0.15) is 0 Å². The number of fused-ring (bicyclic) bond motifs is 1. The number of aryl methyl sites for hydroxylation is 3. The number of carbonyl (C=O) groups excluding carboxylic acids is 1. The van der Waals surface area contributed by atoms with E-state index in [0.717, 1.165) is 53.9 Å². The Kier molecular flexibility index (Phi) is 5.05. The van der Waals surface area contributed by atoms with Gasteiger partial charge in [0.2, 0.25) is 0 Å². The SMILES string of the molecule is Cc1ccc(CNC(=O)Nc2cc3c(cc2N2CCCC2)n(C)c(=O)n3C)cc1. The van der Waals surface area contributed by atoms with Gasteiger partial charge in [-0.05, 0) is 37.5 Å². The summed E-state index contributed by atoms with van der Waals surface area (Å²) in [4.78, 5) is 27.2. The van der Waals surface area contributed by atoms with Gasteiger partial charge in [0.25, 0.3) is 0 Å². The van der Waals surface area contributed by atoms with E-state index in [0.29, 0.717) is 6.54 Å². The van der Waals surface area contributed by atoms with Crippen LogP contribution in [0.15, 0.2) is 41.2 Å². The predicted octanol–water partition coefficient (Wildman–Crippen LogP) is 3.11. The molecule has 0 radical (unpaired) electrons. The van der Waals surface area contributed by atoms with Gasteiger partial charge in [-0.2, -0.15) is 0 Å². The van der Waals surface area contributed by atoms with Gasteiger partial charge in [-0.25, -0.2) is 9.59 Å². The fourth-order valence-corrected chi connectivity index (χ4v) is 3.91. The monoisotopic (exact) mass is 393 g/mol. The van der Waals surface area contributed by atoms with Gasteiger partial charge in [0, 0.05) is 33.7 Å². The number of benzene rings is 2. The van der Waals surface area contributed by atoms with Gasteiger partial charge in [-0.1, -0.05) is 29.8 Å². The molecule has 2 N–H and O–H groups in total.